The van der Waals surface area contributed by atoms with Gasteiger partial charge in [-0.2, -0.15) is 0 Å². The van der Waals surface area contributed by atoms with Gasteiger partial charge < -0.3 is 9.64 Å². The summed E-state index contributed by atoms with van der Waals surface area (Å²) >= 11 is 0. The van der Waals surface area contributed by atoms with E-state index >= 15 is 0 Å². The predicted molar refractivity (Wildman–Crippen MR) is 123 cm³/mol. The van der Waals surface area contributed by atoms with Gasteiger partial charge in [0.05, 0.1) is 28.4 Å². The normalized spacial score (nSPS) is 23.5. The average Bonchev–Trinajstić information content (AvgIpc) is 3.37. The van der Waals surface area contributed by atoms with Crippen molar-refractivity contribution in [3.05, 3.63) is 70.8 Å². The third-order valence-corrected chi connectivity index (χ3v) is 6.63. The van der Waals surface area contributed by atoms with Gasteiger partial charge >= 0.3 is 5.97 Å². The Bertz CT molecular complexity index is 1240. The number of nitrogens with zero attached hydrogens (tertiary/aromatic N) is 3. The van der Waals surface area contributed by atoms with Crippen molar-refractivity contribution in [1.82, 2.24) is 0 Å². The van der Waals surface area contributed by atoms with Crippen molar-refractivity contribution in [2.24, 2.45) is 17.8 Å². The number of hydrogen-bond donors (Lipinski definition) is 0. The van der Waals surface area contributed by atoms with Crippen LogP contribution in [0.5, 0.6) is 5.75 Å². The molecule has 0 N–H and O–H groups in total. The summed E-state index contributed by atoms with van der Waals surface area (Å²) in [6.45, 7) is 0.0780. The second-order valence-electron chi connectivity index (χ2n) is 8.77. The molecule has 0 spiro atoms. The Kier molecular flexibility index (Phi) is 5.64. The first-order valence-corrected chi connectivity index (χ1v) is 11.2. The third kappa shape index (κ3) is 4.07. The lowest BCUT2D eigenvalue weighted by Crippen LogP contribution is -2.31. The average molecular weight is 475 g/mol. The van der Waals surface area contributed by atoms with E-state index in [4.69, 9.17) is 4.74 Å². The Morgan fingerprint density at radius 1 is 0.943 bits per heavy atom. The highest BCUT2D eigenvalue weighted by Crippen LogP contribution is 2.38. The van der Waals surface area contributed by atoms with E-state index < -0.39 is 16.8 Å². The number of carbonyl (C=O) groups excluding carboxylic acids is 4. The van der Waals surface area contributed by atoms with Crippen LogP contribution < -0.4 is 14.5 Å². The van der Waals surface area contributed by atoms with Gasteiger partial charge in [0.15, 0.2) is 0 Å². The molecule has 10 nitrogen and oxygen atoms in total. The van der Waals surface area contributed by atoms with Gasteiger partial charge in [-0.15, -0.1) is 0 Å². The van der Waals surface area contributed by atoms with Crippen LogP contribution in [0.2, 0.25) is 0 Å². The smallest absolute Gasteiger partial charge is 0.316 e. The summed E-state index contributed by atoms with van der Waals surface area (Å²) in [6, 6.07) is 11.8. The predicted octanol–water partition coefficient (Wildman–Crippen LogP) is 3.01. The number of benzene rings is 2. The largest absolute Gasteiger partial charge is 0.426 e. The van der Waals surface area contributed by atoms with Crippen LogP contribution in [0, 0.1) is 27.9 Å². The molecule has 10 heteroatoms. The van der Waals surface area contributed by atoms with Crippen molar-refractivity contribution in [2.75, 3.05) is 16.3 Å². The number of carbonyl (C=O) groups is 4. The first-order valence-electron chi connectivity index (χ1n) is 11.2. The maximum Gasteiger partial charge on any atom is 0.316 e. The number of anilines is 2. The van der Waals surface area contributed by atoms with Crippen LogP contribution in [0.1, 0.15) is 19.3 Å². The number of imide groups is 1. The summed E-state index contributed by atoms with van der Waals surface area (Å²) < 4.78 is 5.50. The van der Waals surface area contributed by atoms with E-state index in [1.54, 1.807) is 18.2 Å². The van der Waals surface area contributed by atoms with E-state index in [1.807, 2.05) is 12.2 Å². The lowest BCUT2D eigenvalue weighted by molar-refractivity contribution is -0.384. The molecule has 35 heavy (non-hydrogen) atoms. The number of hydrogen-bond acceptors (Lipinski definition) is 7. The number of fused-ring (bicyclic) bond motifs is 1. The van der Waals surface area contributed by atoms with Gasteiger partial charge in [-0.3, -0.25) is 29.3 Å². The molecule has 0 bridgehead atoms. The molecular weight excluding hydrogens is 454 g/mol. The minimum Gasteiger partial charge on any atom is -0.426 e. The molecule has 2 aromatic rings. The molecule has 2 aliphatic heterocycles. The minimum atomic E-state index is -0.731. The zero-order valence-electron chi connectivity index (χ0n) is 18.5. The molecule has 2 aromatic carbocycles. The molecule has 0 unspecified atom stereocenters. The summed E-state index contributed by atoms with van der Waals surface area (Å²) in [4.78, 5) is 63.8. The van der Waals surface area contributed by atoms with Crippen molar-refractivity contribution in [2.45, 2.75) is 19.3 Å². The molecule has 3 amide bonds. The van der Waals surface area contributed by atoms with Gasteiger partial charge in [-0.05, 0) is 37.1 Å². The molecule has 2 saturated heterocycles. The molecule has 0 saturated carbocycles. The van der Waals surface area contributed by atoms with Gasteiger partial charge in [0.1, 0.15) is 5.75 Å². The van der Waals surface area contributed by atoms with Gasteiger partial charge in [0.25, 0.3) is 5.69 Å². The Hall–Kier alpha value is -4.34. The molecule has 0 radical (unpaired) electrons. The highest BCUT2D eigenvalue weighted by Gasteiger charge is 2.48. The summed E-state index contributed by atoms with van der Waals surface area (Å²) in [6.07, 6.45) is 4.82. The quantitative estimate of drug-likeness (QED) is 0.162. The number of ether oxygens (including phenoxy) is 1. The molecule has 2 heterocycles. The second kappa shape index (κ2) is 8.79. The fourth-order valence-electron chi connectivity index (χ4n) is 4.81. The molecule has 5 rings (SSSR count). The number of non-ortho nitro benzene ring substituents is 1. The van der Waals surface area contributed by atoms with Crippen molar-refractivity contribution < 1.29 is 28.8 Å². The van der Waals surface area contributed by atoms with Gasteiger partial charge in [-0.1, -0.05) is 18.2 Å². The zero-order chi connectivity index (χ0) is 24.7. The lowest BCUT2D eigenvalue weighted by atomic mass is 9.85. The van der Waals surface area contributed by atoms with Gasteiger partial charge in [0.2, 0.25) is 17.7 Å². The maximum atomic E-state index is 12.8. The van der Waals surface area contributed by atoms with E-state index in [0.29, 0.717) is 24.2 Å². The first kappa shape index (κ1) is 22.5. The Balaban J connectivity index is 1.27. The highest BCUT2D eigenvalue weighted by molar-refractivity contribution is 6.22. The summed E-state index contributed by atoms with van der Waals surface area (Å²) in [5.74, 6) is -2.72. The van der Waals surface area contributed by atoms with E-state index in [-0.39, 0.29) is 54.0 Å². The number of amides is 3. The van der Waals surface area contributed by atoms with Crippen molar-refractivity contribution >= 4 is 40.8 Å². The number of nitro benzene ring substituents is 1. The number of nitro groups is 1. The maximum absolute atomic E-state index is 12.8. The van der Waals surface area contributed by atoms with E-state index in [2.05, 4.69) is 0 Å². The zero-order valence-corrected chi connectivity index (χ0v) is 18.5. The fraction of sp³-hybridized carbons (Fsp3) is 0.280. The molecular formula is C25H21N3O7. The van der Waals surface area contributed by atoms with Gasteiger partial charge in [0, 0.05) is 36.9 Å². The Labute approximate surface area is 199 Å². The summed E-state index contributed by atoms with van der Waals surface area (Å²) in [7, 11) is 0. The number of allylic oxidation sites excluding steroid dienone is 2. The SMILES string of the molecule is O=C(Oc1cccc(N2C(=O)[C@@H]3CC=CC[C@H]3C2=O)c1)[C@@H]1CC(=O)N(c2ccc([N+](=O)[O-])cc2)C1. The monoisotopic (exact) mass is 475 g/mol. The van der Waals surface area contributed by atoms with Crippen molar-refractivity contribution in [3.63, 3.8) is 0 Å². The van der Waals surface area contributed by atoms with Gasteiger partial charge in [-0.25, -0.2) is 4.90 Å². The van der Waals surface area contributed by atoms with Crippen LogP contribution in [-0.4, -0.2) is 35.2 Å². The lowest BCUT2D eigenvalue weighted by Gasteiger charge is -2.17. The molecule has 0 aromatic heterocycles. The molecule has 2 fully saturated rings. The van der Waals surface area contributed by atoms with Crippen LogP contribution in [0.15, 0.2) is 60.7 Å². The molecule has 3 atom stereocenters. The van der Waals surface area contributed by atoms with Crippen LogP contribution in [0.4, 0.5) is 17.1 Å². The minimum absolute atomic E-state index is 0.0605. The number of rotatable bonds is 5. The summed E-state index contributed by atoms with van der Waals surface area (Å²) in [5, 5.41) is 10.8. The molecule has 178 valence electrons. The highest BCUT2D eigenvalue weighted by atomic mass is 16.6. The fourth-order valence-corrected chi connectivity index (χ4v) is 4.81. The standard InChI is InChI=1S/C25H21N3O7/c29-22-12-15(14-26(22)16-8-10-17(11-9-16)28(33)34)25(32)35-19-5-3-4-18(13-19)27-23(30)20-6-1-2-7-21(20)24(27)31/h1-5,8-11,13,15,20-21H,6-7,12,14H2/t15-,20-,21-/m1/s1. The third-order valence-electron chi connectivity index (χ3n) is 6.63. The number of esters is 1. The van der Waals surface area contributed by atoms with E-state index in [0.717, 1.165) is 4.90 Å². The van der Waals surface area contributed by atoms with E-state index in [1.165, 1.54) is 35.2 Å². The topological polar surface area (TPSA) is 127 Å². The van der Waals surface area contributed by atoms with E-state index in [9.17, 15) is 29.3 Å². The second-order valence-corrected chi connectivity index (χ2v) is 8.77. The first-order chi connectivity index (χ1) is 16.8. The molecule has 3 aliphatic rings. The van der Waals surface area contributed by atoms with Crippen molar-refractivity contribution in [3.8, 4) is 5.75 Å². The summed E-state index contributed by atoms with van der Waals surface area (Å²) in [5.41, 5.74) is 0.705. The van der Waals surface area contributed by atoms with Crippen LogP contribution in [0.25, 0.3) is 0 Å². The van der Waals surface area contributed by atoms with Crippen LogP contribution >= 0.6 is 0 Å². The Morgan fingerprint density at radius 3 is 2.23 bits per heavy atom. The van der Waals surface area contributed by atoms with Crippen molar-refractivity contribution in [1.29, 1.82) is 0 Å². The Morgan fingerprint density at radius 2 is 1.60 bits per heavy atom. The van der Waals surface area contributed by atoms with Crippen LogP contribution in [0.3, 0.4) is 0 Å². The molecule has 1 aliphatic carbocycles. The van der Waals surface area contributed by atoms with Crippen LogP contribution in [-0.2, 0) is 19.2 Å².